The van der Waals surface area contributed by atoms with Gasteiger partial charge in [0, 0.05) is 22.7 Å². The highest BCUT2D eigenvalue weighted by Gasteiger charge is 2.02. The van der Waals surface area contributed by atoms with Gasteiger partial charge in [-0.1, -0.05) is 24.3 Å². The maximum absolute atomic E-state index is 5.99. The predicted octanol–water partition coefficient (Wildman–Crippen LogP) is 2.97. The first-order valence-corrected chi connectivity index (χ1v) is 4.88. The lowest BCUT2D eigenvalue weighted by Crippen LogP contribution is -1.88. The minimum atomic E-state index is 0.811. The molecule has 0 amide bonds. The number of benzene rings is 2. The Labute approximate surface area is 87.4 Å². The van der Waals surface area contributed by atoms with Gasteiger partial charge >= 0.3 is 0 Å². The summed E-state index contributed by atoms with van der Waals surface area (Å²) < 4.78 is 0. The second-order valence-corrected chi connectivity index (χ2v) is 3.58. The maximum Gasteiger partial charge on any atom is 0.0709 e. The number of nitrogen functional groups attached to an aromatic ring is 1. The van der Waals surface area contributed by atoms with E-state index < -0.39 is 0 Å². The van der Waals surface area contributed by atoms with Gasteiger partial charge in [0.05, 0.1) is 5.52 Å². The Morgan fingerprint density at radius 2 is 1.87 bits per heavy atom. The molecule has 0 saturated heterocycles. The minimum absolute atomic E-state index is 0.811. The van der Waals surface area contributed by atoms with Gasteiger partial charge in [-0.3, -0.25) is 4.98 Å². The predicted molar refractivity (Wildman–Crippen MR) is 63.7 cm³/mol. The molecule has 3 aromatic rings. The number of nitrogens with two attached hydrogens (primary N) is 1. The fourth-order valence-corrected chi connectivity index (χ4v) is 1.97. The van der Waals surface area contributed by atoms with Crippen LogP contribution >= 0.6 is 0 Å². The van der Waals surface area contributed by atoms with Gasteiger partial charge in [0.15, 0.2) is 0 Å². The second kappa shape index (κ2) is 2.95. The SMILES string of the molecule is Nc1cccc2ccc3ncccc3c12. The number of hydrogen-bond donors (Lipinski definition) is 1. The van der Waals surface area contributed by atoms with Crippen LogP contribution in [0.25, 0.3) is 21.7 Å². The van der Waals surface area contributed by atoms with E-state index in [9.17, 15) is 0 Å². The Morgan fingerprint density at radius 1 is 0.933 bits per heavy atom. The molecule has 1 aromatic heterocycles. The topological polar surface area (TPSA) is 38.9 Å². The molecule has 0 spiro atoms. The van der Waals surface area contributed by atoms with E-state index in [0.717, 1.165) is 27.4 Å². The van der Waals surface area contributed by atoms with Crippen LogP contribution in [0.4, 0.5) is 5.69 Å². The van der Waals surface area contributed by atoms with E-state index in [1.165, 1.54) is 0 Å². The summed E-state index contributed by atoms with van der Waals surface area (Å²) in [5.41, 5.74) is 7.79. The van der Waals surface area contributed by atoms with Gasteiger partial charge in [-0.05, 0) is 23.6 Å². The number of fused-ring (bicyclic) bond motifs is 3. The van der Waals surface area contributed by atoms with E-state index in [1.54, 1.807) is 6.20 Å². The van der Waals surface area contributed by atoms with Crippen LogP contribution < -0.4 is 5.73 Å². The Hall–Kier alpha value is -2.09. The van der Waals surface area contributed by atoms with Crippen LogP contribution in [-0.2, 0) is 0 Å². The Kier molecular flexibility index (Phi) is 1.62. The Bertz CT molecular complexity index is 644. The molecule has 15 heavy (non-hydrogen) atoms. The average molecular weight is 194 g/mol. The van der Waals surface area contributed by atoms with Crippen LogP contribution in [0.3, 0.4) is 0 Å². The lowest BCUT2D eigenvalue weighted by molar-refractivity contribution is 1.42. The van der Waals surface area contributed by atoms with Crippen molar-refractivity contribution in [3.8, 4) is 0 Å². The molecule has 72 valence electrons. The molecule has 0 atom stereocenters. The highest BCUT2D eigenvalue weighted by Crippen LogP contribution is 2.28. The molecule has 0 saturated carbocycles. The van der Waals surface area contributed by atoms with Crippen molar-refractivity contribution in [2.24, 2.45) is 0 Å². The van der Waals surface area contributed by atoms with Gasteiger partial charge in [-0.25, -0.2) is 0 Å². The molecular formula is C13H10N2. The zero-order chi connectivity index (χ0) is 10.3. The standard InChI is InChI=1S/C13H10N2/c14-11-5-1-3-9-6-7-12-10(13(9)11)4-2-8-15-12/h1-8H,14H2. The molecule has 2 N–H and O–H groups in total. The summed E-state index contributed by atoms with van der Waals surface area (Å²) >= 11 is 0. The van der Waals surface area contributed by atoms with E-state index in [0.29, 0.717) is 0 Å². The molecule has 2 nitrogen and oxygen atoms in total. The first-order chi connectivity index (χ1) is 7.36. The Morgan fingerprint density at radius 3 is 2.80 bits per heavy atom. The molecule has 2 heteroatoms. The quantitative estimate of drug-likeness (QED) is 0.441. The average Bonchev–Trinajstić information content (AvgIpc) is 2.29. The zero-order valence-corrected chi connectivity index (χ0v) is 8.14. The van der Waals surface area contributed by atoms with Crippen molar-refractivity contribution in [1.82, 2.24) is 4.98 Å². The fourth-order valence-electron chi connectivity index (χ4n) is 1.97. The monoisotopic (exact) mass is 194 g/mol. The van der Waals surface area contributed by atoms with Crippen LogP contribution in [0.1, 0.15) is 0 Å². The van der Waals surface area contributed by atoms with E-state index in [2.05, 4.69) is 23.2 Å². The molecule has 0 radical (unpaired) electrons. The first kappa shape index (κ1) is 8.24. The van der Waals surface area contributed by atoms with Crippen LogP contribution in [0.15, 0.2) is 48.7 Å². The normalized spacial score (nSPS) is 10.9. The minimum Gasteiger partial charge on any atom is -0.398 e. The molecule has 3 rings (SSSR count). The molecular weight excluding hydrogens is 184 g/mol. The molecule has 2 aromatic carbocycles. The highest BCUT2D eigenvalue weighted by molar-refractivity contribution is 6.11. The van der Waals surface area contributed by atoms with E-state index in [1.807, 2.05) is 24.3 Å². The van der Waals surface area contributed by atoms with Crippen molar-refractivity contribution in [3.63, 3.8) is 0 Å². The molecule has 0 aliphatic carbocycles. The van der Waals surface area contributed by atoms with E-state index >= 15 is 0 Å². The third-order valence-corrected chi connectivity index (χ3v) is 2.66. The number of nitrogens with zero attached hydrogens (tertiary/aromatic N) is 1. The number of aromatic nitrogens is 1. The third-order valence-electron chi connectivity index (χ3n) is 2.66. The van der Waals surface area contributed by atoms with Crippen LogP contribution in [0, 0.1) is 0 Å². The Balaban J connectivity index is 2.64. The van der Waals surface area contributed by atoms with Crippen molar-refractivity contribution in [2.75, 3.05) is 5.73 Å². The number of rotatable bonds is 0. The highest BCUT2D eigenvalue weighted by atomic mass is 14.6. The zero-order valence-electron chi connectivity index (χ0n) is 8.14. The summed E-state index contributed by atoms with van der Waals surface area (Å²) in [5.74, 6) is 0. The summed E-state index contributed by atoms with van der Waals surface area (Å²) in [4.78, 5) is 4.32. The summed E-state index contributed by atoms with van der Waals surface area (Å²) in [6.45, 7) is 0. The lowest BCUT2D eigenvalue weighted by Gasteiger charge is -2.05. The molecule has 0 fully saturated rings. The molecule has 0 aliphatic rings. The second-order valence-electron chi connectivity index (χ2n) is 3.58. The van der Waals surface area contributed by atoms with Crippen molar-refractivity contribution < 1.29 is 0 Å². The van der Waals surface area contributed by atoms with Gasteiger partial charge in [-0.15, -0.1) is 0 Å². The van der Waals surface area contributed by atoms with Crippen molar-refractivity contribution in [2.45, 2.75) is 0 Å². The first-order valence-electron chi connectivity index (χ1n) is 4.88. The molecule has 0 unspecified atom stereocenters. The number of anilines is 1. The maximum atomic E-state index is 5.99. The van der Waals surface area contributed by atoms with Crippen LogP contribution in [0.5, 0.6) is 0 Å². The van der Waals surface area contributed by atoms with Crippen molar-refractivity contribution in [1.29, 1.82) is 0 Å². The molecule has 1 heterocycles. The van der Waals surface area contributed by atoms with Gasteiger partial charge in [-0.2, -0.15) is 0 Å². The largest absolute Gasteiger partial charge is 0.398 e. The lowest BCUT2D eigenvalue weighted by atomic mass is 10.0. The van der Waals surface area contributed by atoms with Crippen LogP contribution in [-0.4, -0.2) is 4.98 Å². The van der Waals surface area contributed by atoms with Gasteiger partial charge in [0.1, 0.15) is 0 Å². The van der Waals surface area contributed by atoms with Gasteiger partial charge in [0.25, 0.3) is 0 Å². The van der Waals surface area contributed by atoms with Gasteiger partial charge in [0.2, 0.25) is 0 Å². The van der Waals surface area contributed by atoms with Gasteiger partial charge < -0.3 is 5.73 Å². The summed E-state index contributed by atoms with van der Waals surface area (Å²) in [6.07, 6.45) is 1.80. The molecule has 0 bridgehead atoms. The summed E-state index contributed by atoms with van der Waals surface area (Å²) in [5, 5.41) is 3.38. The third kappa shape index (κ3) is 1.15. The van der Waals surface area contributed by atoms with Crippen molar-refractivity contribution >= 4 is 27.4 Å². The van der Waals surface area contributed by atoms with Crippen molar-refractivity contribution in [3.05, 3.63) is 48.7 Å². The van der Waals surface area contributed by atoms with E-state index in [4.69, 9.17) is 5.73 Å². The fraction of sp³-hybridized carbons (Fsp3) is 0. The number of hydrogen-bond acceptors (Lipinski definition) is 2. The van der Waals surface area contributed by atoms with Crippen LogP contribution in [0.2, 0.25) is 0 Å². The molecule has 0 aliphatic heterocycles. The number of pyridine rings is 1. The van der Waals surface area contributed by atoms with E-state index in [-0.39, 0.29) is 0 Å². The summed E-state index contributed by atoms with van der Waals surface area (Å²) in [7, 11) is 0. The summed E-state index contributed by atoms with van der Waals surface area (Å²) in [6, 6.07) is 14.0. The smallest absolute Gasteiger partial charge is 0.0709 e.